The minimum absolute atomic E-state index is 0.280. The van der Waals surface area contributed by atoms with Gasteiger partial charge in [-0.1, -0.05) is 11.6 Å². The van der Waals surface area contributed by atoms with E-state index in [-0.39, 0.29) is 5.50 Å². The summed E-state index contributed by atoms with van der Waals surface area (Å²) in [5, 5.41) is 2.90. The number of alkyl halides is 1. The van der Waals surface area contributed by atoms with Crippen LogP contribution in [0.1, 0.15) is 11.1 Å². The fourth-order valence-electron chi connectivity index (χ4n) is 1.46. The van der Waals surface area contributed by atoms with Crippen molar-refractivity contribution in [2.24, 2.45) is 4.99 Å². The van der Waals surface area contributed by atoms with Crippen molar-refractivity contribution >= 4 is 23.6 Å². The minimum Gasteiger partial charge on any atom is -0.493 e. The van der Waals surface area contributed by atoms with E-state index < -0.39 is 0 Å². The lowest BCUT2D eigenvalue weighted by Gasteiger charge is -2.19. The number of hydrogen-bond acceptors (Lipinski definition) is 4. The fraction of sp³-hybridized carbons (Fsp3) is 0.300. The summed E-state index contributed by atoms with van der Waals surface area (Å²) in [6, 6.07) is 3.64. The smallest absolute Gasteiger partial charge is 0.162 e. The van der Waals surface area contributed by atoms with E-state index >= 15 is 0 Å². The topological polar surface area (TPSA) is 42.9 Å². The van der Waals surface area contributed by atoms with Crippen molar-refractivity contribution in [2.75, 3.05) is 14.2 Å². The Bertz CT molecular complexity index is 407. The molecular weight excluding hydrogens is 216 g/mol. The van der Waals surface area contributed by atoms with Gasteiger partial charge in [0.25, 0.3) is 0 Å². The number of benzene rings is 1. The number of methoxy groups -OCH3 is 2. The zero-order valence-corrected chi connectivity index (χ0v) is 9.21. The second-order valence-corrected chi connectivity index (χ2v) is 3.49. The van der Waals surface area contributed by atoms with Crippen LogP contribution in [0, 0.1) is 0 Å². The maximum atomic E-state index is 6.07. The maximum absolute atomic E-state index is 6.07. The number of aliphatic imine (C=N–C) groups is 1. The van der Waals surface area contributed by atoms with E-state index in [1.165, 1.54) is 0 Å². The highest BCUT2D eigenvalue weighted by Gasteiger charge is 2.18. The molecule has 1 aromatic carbocycles. The Morgan fingerprint density at radius 2 is 1.93 bits per heavy atom. The van der Waals surface area contributed by atoms with Crippen LogP contribution in [0.25, 0.3) is 0 Å². The van der Waals surface area contributed by atoms with Crippen molar-refractivity contribution in [3.63, 3.8) is 0 Å². The van der Waals surface area contributed by atoms with E-state index in [0.29, 0.717) is 11.5 Å². The van der Waals surface area contributed by atoms with Gasteiger partial charge in [-0.3, -0.25) is 0 Å². The third-order valence-corrected chi connectivity index (χ3v) is 2.59. The number of halogens is 1. The molecule has 0 bridgehead atoms. The maximum Gasteiger partial charge on any atom is 0.162 e. The summed E-state index contributed by atoms with van der Waals surface area (Å²) in [6.07, 6.45) is 1.58. The van der Waals surface area contributed by atoms with Crippen LogP contribution in [0.4, 0.5) is 5.69 Å². The average molecular weight is 227 g/mol. The van der Waals surface area contributed by atoms with Crippen LogP contribution in [0.3, 0.4) is 0 Å². The van der Waals surface area contributed by atoms with Crippen LogP contribution in [0.15, 0.2) is 17.1 Å². The van der Waals surface area contributed by atoms with Gasteiger partial charge in [0, 0.05) is 11.6 Å². The average Bonchev–Trinajstić information content (AvgIpc) is 2.28. The molecule has 0 radical (unpaired) electrons. The Morgan fingerprint density at radius 1 is 1.27 bits per heavy atom. The molecule has 1 atom stereocenters. The van der Waals surface area contributed by atoms with Crippen LogP contribution < -0.4 is 14.8 Å². The zero-order valence-electron chi connectivity index (χ0n) is 8.45. The Morgan fingerprint density at radius 3 is 2.60 bits per heavy atom. The van der Waals surface area contributed by atoms with Gasteiger partial charge in [-0.2, -0.15) is 0 Å². The first-order chi connectivity index (χ1) is 7.26. The molecule has 2 rings (SSSR count). The number of rotatable bonds is 2. The van der Waals surface area contributed by atoms with E-state index in [9.17, 15) is 0 Å². The predicted molar refractivity (Wildman–Crippen MR) is 59.4 cm³/mol. The van der Waals surface area contributed by atoms with E-state index in [2.05, 4.69) is 10.3 Å². The molecule has 80 valence electrons. The Balaban J connectivity index is 2.54. The summed E-state index contributed by atoms with van der Waals surface area (Å²) in [6.45, 7) is 0. The van der Waals surface area contributed by atoms with E-state index in [0.717, 1.165) is 11.3 Å². The van der Waals surface area contributed by atoms with Crippen LogP contribution in [0.5, 0.6) is 11.5 Å². The van der Waals surface area contributed by atoms with Crippen molar-refractivity contribution in [2.45, 2.75) is 5.50 Å². The molecule has 0 saturated heterocycles. The third-order valence-electron chi connectivity index (χ3n) is 2.23. The molecule has 4 nitrogen and oxygen atoms in total. The number of nitrogens with zero attached hydrogens (tertiary/aromatic N) is 1. The molecule has 0 aromatic heterocycles. The summed E-state index contributed by atoms with van der Waals surface area (Å²) < 4.78 is 10.4. The molecule has 5 heteroatoms. The highest BCUT2D eigenvalue weighted by atomic mass is 35.5. The number of fused-ring (bicyclic) bond motifs is 1. The summed E-state index contributed by atoms with van der Waals surface area (Å²) in [7, 11) is 3.18. The van der Waals surface area contributed by atoms with Gasteiger partial charge in [0.05, 0.1) is 26.2 Å². The van der Waals surface area contributed by atoms with Gasteiger partial charge in [-0.05, 0) is 6.07 Å². The third kappa shape index (κ3) is 1.72. The summed E-state index contributed by atoms with van der Waals surface area (Å²) in [4.78, 5) is 4.17. The fourth-order valence-corrected chi connectivity index (χ4v) is 1.69. The lowest BCUT2D eigenvalue weighted by molar-refractivity contribution is 0.354. The largest absolute Gasteiger partial charge is 0.493 e. The molecule has 0 saturated carbocycles. The van der Waals surface area contributed by atoms with Crippen molar-refractivity contribution in [3.8, 4) is 11.5 Å². The zero-order chi connectivity index (χ0) is 10.8. The summed E-state index contributed by atoms with van der Waals surface area (Å²) in [5.41, 5.74) is 1.40. The van der Waals surface area contributed by atoms with Crippen molar-refractivity contribution in [3.05, 3.63) is 17.7 Å². The van der Waals surface area contributed by atoms with E-state index in [4.69, 9.17) is 21.1 Å². The normalized spacial score (nSPS) is 17.9. The van der Waals surface area contributed by atoms with Gasteiger partial charge in [0.1, 0.15) is 5.50 Å². The SMILES string of the molecule is COc1cc2c(cc1OC)C(Cl)NC=N2. The minimum atomic E-state index is -0.280. The quantitative estimate of drug-likeness (QED) is 0.621. The van der Waals surface area contributed by atoms with E-state index in [1.807, 2.05) is 6.07 Å². The molecular formula is C10H11ClN2O2. The molecule has 0 aliphatic carbocycles. The molecule has 0 amide bonds. The van der Waals surface area contributed by atoms with Gasteiger partial charge < -0.3 is 14.8 Å². The lowest BCUT2D eigenvalue weighted by atomic mass is 10.1. The van der Waals surface area contributed by atoms with E-state index in [1.54, 1.807) is 26.6 Å². The molecule has 0 spiro atoms. The van der Waals surface area contributed by atoms with Crippen LogP contribution in [-0.2, 0) is 0 Å². The van der Waals surface area contributed by atoms with Crippen LogP contribution >= 0.6 is 11.6 Å². The standard InChI is InChI=1S/C10H11ClN2O2/c1-14-8-3-6-7(4-9(8)15-2)12-5-13-10(6)11/h3-5,10H,1-2H3,(H,12,13). The molecule has 1 aliphatic rings. The molecule has 0 fully saturated rings. The van der Waals surface area contributed by atoms with Gasteiger partial charge in [0.15, 0.2) is 11.5 Å². The van der Waals surface area contributed by atoms with Crippen LogP contribution in [-0.4, -0.2) is 20.6 Å². The van der Waals surface area contributed by atoms with Crippen LogP contribution in [0.2, 0.25) is 0 Å². The summed E-state index contributed by atoms with van der Waals surface area (Å²) >= 11 is 6.07. The van der Waals surface area contributed by atoms with Crippen molar-refractivity contribution in [1.82, 2.24) is 5.32 Å². The number of hydrogen-bond donors (Lipinski definition) is 1. The lowest BCUT2D eigenvalue weighted by Crippen LogP contribution is -2.17. The second-order valence-electron chi connectivity index (χ2n) is 3.05. The van der Waals surface area contributed by atoms with Gasteiger partial charge in [-0.25, -0.2) is 4.99 Å². The first-order valence-electron chi connectivity index (χ1n) is 4.45. The first kappa shape index (κ1) is 10.1. The number of ether oxygens (including phenoxy) is 2. The van der Waals surface area contributed by atoms with Crippen molar-refractivity contribution < 1.29 is 9.47 Å². The molecule has 1 unspecified atom stereocenters. The molecule has 1 N–H and O–H groups in total. The predicted octanol–water partition coefficient (Wildman–Crippen LogP) is 2.20. The van der Waals surface area contributed by atoms with Crippen molar-refractivity contribution in [1.29, 1.82) is 0 Å². The van der Waals surface area contributed by atoms with Gasteiger partial charge in [-0.15, -0.1) is 0 Å². The highest BCUT2D eigenvalue weighted by molar-refractivity contribution is 6.22. The molecule has 1 aliphatic heterocycles. The molecule has 1 aromatic rings. The Labute approximate surface area is 92.9 Å². The summed E-state index contributed by atoms with van der Waals surface area (Å²) in [5.74, 6) is 1.31. The van der Waals surface area contributed by atoms with Gasteiger partial charge in [0.2, 0.25) is 0 Å². The van der Waals surface area contributed by atoms with Gasteiger partial charge >= 0.3 is 0 Å². The second kappa shape index (κ2) is 3.98. The molecule has 1 heterocycles. The molecule has 15 heavy (non-hydrogen) atoms. The monoisotopic (exact) mass is 226 g/mol. The highest BCUT2D eigenvalue weighted by Crippen LogP contribution is 2.39. The Kier molecular flexibility index (Phi) is 2.68. The first-order valence-corrected chi connectivity index (χ1v) is 4.88. The number of nitrogens with one attached hydrogen (secondary N) is 1. The Hall–Kier alpha value is -1.42.